The molecule has 0 saturated carbocycles. The largest absolute Gasteiger partial charge is 0.342 e. The molecule has 0 saturated heterocycles. The molecule has 0 bridgehead atoms. The smallest absolute Gasteiger partial charge is 0.131 e. The highest BCUT2D eigenvalue weighted by Gasteiger charge is 2.13. The lowest BCUT2D eigenvalue weighted by atomic mass is 9.97. The summed E-state index contributed by atoms with van der Waals surface area (Å²) in [6.45, 7) is 8.53. The van der Waals surface area contributed by atoms with Crippen molar-refractivity contribution < 1.29 is 0 Å². The van der Waals surface area contributed by atoms with Gasteiger partial charge in [-0.1, -0.05) is 64.1 Å². The van der Waals surface area contributed by atoms with Crippen LogP contribution < -0.4 is 5.84 Å². The van der Waals surface area contributed by atoms with Gasteiger partial charge in [-0.2, -0.15) is 0 Å². The molecule has 0 aliphatic heterocycles. The van der Waals surface area contributed by atoms with Crippen LogP contribution in [0.3, 0.4) is 0 Å². The number of nitrogens with zero attached hydrogens (tertiary/aromatic N) is 3. The fraction of sp³-hybridized carbons (Fsp3) is 0.200. The number of nitrogens with one attached hydrogen (secondary N) is 1. The van der Waals surface area contributed by atoms with Crippen LogP contribution >= 0.6 is 0 Å². The van der Waals surface area contributed by atoms with Crippen LogP contribution in [0.4, 0.5) is 0 Å². The third-order valence-corrected chi connectivity index (χ3v) is 6.79. The Bertz CT molecular complexity index is 1720. The van der Waals surface area contributed by atoms with E-state index in [1.807, 2.05) is 0 Å². The molecule has 0 fully saturated rings. The molecule has 35 heavy (non-hydrogen) atoms. The van der Waals surface area contributed by atoms with E-state index in [9.17, 15) is 0 Å². The average Bonchev–Trinajstić information content (AvgIpc) is 3.44. The van der Waals surface area contributed by atoms with Crippen LogP contribution in [-0.4, -0.2) is 19.6 Å². The number of hydrogen-bond donors (Lipinski definition) is 2. The number of H-pyrrole nitrogens is 1. The minimum absolute atomic E-state index is 0.275. The van der Waals surface area contributed by atoms with Gasteiger partial charge in [0.05, 0.1) is 22.1 Å². The maximum absolute atomic E-state index is 6.35. The van der Waals surface area contributed by atoms with E-state index in [4.69, 9.17) is 15.8 Å². The first-order valence-corrected chi connectivity index (χ1v) is 12.2. The normalized spacial score (nSPS) is 12.1. The summed E-state index contributed by atoms with van der Waals surface area (Å²) in [5, 5.41) is 2.42. The fourth-order valence-corrected chi connectivity index (χ4v) is 4.79. The van der Waals surface area contributed by atoms with E-state index in [-0.39, 0.29) is 5.92 Å². The van der Waals surface area contributed by atoms with Crippen LogP contribution in [-0.2, 0) is 0 Å². The van der Waals surface area contributed by atoms with Crippen LogP contribution in [0.5, 0.6) is 0 Å². The maximum Gasteiger partial charge on any atom is 0.131 e. The van der Waals surface area contributed by atoms with Gasteiger partial charge in [0.25, 0.3) is 0 Å². The Hall–Kier alpha value is -4.12. The second-order valence-electron chi connectivity index (χ2n) is 9.98. The molecule has 5 nitrogen and oxygen atoms in total. The molecule has 0 spiro atoms. The van der Waals surface area contributed by atoms with Gasteiger partial charge < -0.3 is 10.8 Å². The Labute approximate surface area is 204 Å². The van der Waals surface area contributed by atoms with Crippen LogP contribution in [0.25, 0.3) is 55.1 Å². The maximum atomic E-state index is 6.35. The highest BCUT2D eigenvalue weighted by atomic mass is 15.3. The van der Waals surface area contributed by atoms with Gasteiger partial charge in [0.1, 0.15) is 11.6 Å². The molecule has 3 N–H and O–H groups in total. The molecule has 6 aromatic rings. The van der Waals surface area contributed by atoms with Gasteiger partial charge in [0.2, 0.25) is 0 Å². The monoisotopic (exact) mass is 459 g/mol. The van der Waals surface area contributed by atoms with Crippen molar-refractivity contribution in [3.05, 3.63) is 84.4 Å². The first-order chi connectivity index (χ1) is 16.9. The van der Waals surface area contributed by atoms with Gasteiger partial charge >= 0.3 is 0 Å². The van der Waals surface area contributed by atoms with Gasteiger partial charge in [-0.15, -0.1) is 0 Å². The predicted molar refractivity (Wildman–Crippen MR) is 146 cm³/mol. The Kier molecular flexibility index (Phi) is 4.88. The zero-order valence-corrected chi connectivity index (χ0v) is 20.5. The second kappa shape index (κ2) is 7.98. The molecule has 0 radical (unpaired) electrons. The molecular formula is C30H29N5. The molecule has 0 amide bonds. The van der Waals surface area contributed by atoms with Crippen molar-refractivity contribution in [1.29, 1.82) is 0 Å². The van der Waals surface area contributed by atoms with Crippen molar-refractivity contribution in [2.45, 2.75) is 39.5 Å². The predicted octanol–water partition coefficient (Wildman–Crippen LogP) is 7.36. The SMILES string of the molecule is CC(C)c1nc2ccc(-c3ccc4cc(-c5ccc6nc(C(C)C)n(N)c6c5)ccc4c3)cc2[nH]1. The summed E-state index contributed by atoms with van der Waals surface area (Å²) in [6.07, 6.45) is 0. The molecule has 2 aromatic heterocycles. The number of fused-ring (bicyclic) bond motifs is 3. The molecule has 0 atom stereocenters. The Morgan fingerprint density at radius 1 is 0.657 bits per heavy atom. The average molecular weight is 460 g/mol. The highest BCUT2D eigenvalue weighted by molar-refractivity contribution is 5.93. The summed E-state index contributed by atoms with van der Waals surface area (Å²) >= 11 is 0. The number of nitrogen functional groups attached to an aromatic ring is 1. The van der Waals surface area contributed by atoms with E-state index >= 15 is 0 Å². The van der Waals surface area contributed by atoms with Gasteiger partial charge in [0, 0.05) is 11.8 Å². The number of nitrogens with two attached hydrogens (primary N) is 1. The van der Waals surface area contributed by atoms with Gasteiger partial charge in [-0.05, 0) is 69.4 Å². The minimum Gasteiger partial charge on any atom is -0.342 e. The number of hydrogen-bond acceptors (Lipinski definition) is 3. The highest BCUT2D eigenvalue weighted by Crippen LogP contribution is 2.31. The summed E-state index contributed by atoms with van der Waals surface area (Å²) in [5.41, 5.74) is 8.66. The Morgan fingerprint density at radius 2 is 1.23 bits per heavy atom. The van der Waals surface area contributed by atoms with Gasteiger partial charge in [0.15, 0.2) is 0 Å². The third-order valence-electron chi connectivity index (χ3n) is 6.79. The number of rotatable bonds is 4. The summed E-state index contributed by atoms with van der Waals surface area (Å²) in [7, 11) is 0. The van der Waals surface area contributed by atoms with Crippen LogP contribution in [0.1, 0.15) is 51.2 Å². The van der Waals surface area contributed by atoms with Crippen molar-refractivity contribution in [1.82, 2.24) is 19.6 Å². The summed E-state index contributed by atoms with van der Waals surface area (Å²) < 4.78 is 1.72. The topological polar surface area (TPSA) is 72.5 Å². The zero-order chi connectivity index (χ0) is 24.3. The summed E-state index contributed by atoms with van der Waals surface area (Å²) in [4.78, 5) is 12.9. The Morgan fingerprint density at radius 3 is 1.86 bits per heavy atom. The van der Waals surface area contributed by atoms with Crippen molar-refractivity contribution in [3.63, 3.8) is 0 Å². The quantitative estimate of drug-likeness (QED) is 0.271. The molecule has 174 valence electrons. The van der Waals surface area contributed by atoms with E-state index in [0.717, 1.165) is 39.3 Å². The lowest BCUT2D eigenvalue weighted by Crippen LogP contribution is -2.13. The van der Waals surface area contributed by atoms with Crippen LogP contribution in [0.15, 0.2) is 72.8 Å². The van der Waals surface area contributed by atoms with Crippen molar-refractivity contribution >= 4 is 32.8 Å². The van der Waals surface area contributed by atoms with Gasteiger partial charge in [-0.25, -0.2) is 14.6 Å². The van der Waals surface area contributed by atoms with E-state index in [1.165, 1.54) is 27.5 Å². The summed E-state index contributed by atoms with van der Waals surface area (Å²) in [5.74, 6) is 8.93. The molecule has 2 heterocycles. The number of aromatic amines is 1. The van der Waals surface area contributed by atoms with E-state index in [2.05, 4.69) is 105 Å². The molecule has 0 unspecified atom stereocenters. The van der Waals surface area contributed by atoms with Crippen molar-refractivity contribution in [2.75, 3.05) is 5.84 Å². The minimum atomic E-state index is 0.275. The number of benzene rings is 4. The Balaban J connectivity index is 1.37. The molecule has 0 aliphatic rings. The molecule has 5 heteroatoms. The molecule has 4 aromatic carbocycles. The fourth-order valence-electron chi connectivity index (χ4n) is 4.79. The first-order valence-electron chi connectivity index (χ1n) is 12.2. The van der Waals surface area contributed by atoms with E-state index in [1.54, 1.807) is 4.68 Å². The second-order valence-corrected chi connectivity index (χ2v) is 9.98. The first kappa shape index (κ1) is 21.4. The van der Waals surface area contributed by atoms with E-state index < -0.39 is 0 Å². The number of aromatic nitrogens is 4. The lowest BCUT2D eigenvalue weighted by Gasteiger charge is -2.08. The van der Waals surface area contributed by atoms with Gasteiger partial charge in [-0.3, -0.25) is 0 Å². The van der Waals surface area contributed by atoms with Crippen LogP contribution in [0.2, 0.25) is 0 Å². The molecular weight excluding hydrogens is 430 g/mol. The van der Waals surface area contributed by atoms with Crippen molar-refractivity contribution in [3.8, 4) is 22.3 Å². The lowest BCUT2D eigenvalue weighted by molar-refractivity contribution is 0.745. The molecule has 6 rings (SSSR count). The van der Waals surface area contributed by atoms with Crippen LogP contribution in [0, 0.1) is 0 Å². The van der Waals surface area contributed by atoms with Crippen molar-refractivity contribution in [2.24, 2.45) is 0 Å². The third kappa shape index (κ3) is 3.64. The number of imidazole rings is 2. The standard InChI is InChI=1S/C30H29N5/c1-17(2)29-32-25-11-9-23(15-27(25)33-29)21-7-5-20-14-22(8-6-19(20)13-21)24-10-12-26-28(16-24)35(31)30(34-26)18(3)4/h5-18H,31H2,1-4H3,(H,32,33). The zero-order valence-electron chi connectivity index (χ0n) is 20.5. The molecule has 0 aliphatic carbocycles. The van der Waals surface area contributed by atoms with E-state index in [0.29, 0.717) is 5.92 Å². The summed E-state index contributed by atoms with van der Waals surface area (Å²) in [6, 6.07) is 26.0.